The topological polar surface area (TPSA) is 12.5 Å². The van der Waals surface area contributed by atoms with Crippen LogP contribution in [0.15, 0.2) is 12.1 Å². The molecule has 0 spiro atoms. The Morgan fingerprint density at radius 2 is 1.68 bits per heavy atom. The molecule has 0 aromatic heterocycles. The molecule has 1 aromatic rings. The van der Waals surface area contributed by atoms with Crippen LogP contribution in [0.1, 0.15) is 63.1 Å². The second kappa shape index (κ2) is 8.01. The molecule has 1 fully saturated rings. The second-order valence-corrected chi connectivity index (χ2v) is 6.97. The van der Waals surface area contributed by atoms with Crippen LogP contribution in [0.25, 0.3) is 0 Å². The summed E-state index contributed by atoms with van der Waals surface area (Å²) in [5.74, 6) is 0. The average molecular weight is 303 g/mol. The molecule has 0 unspecified atom stereocenters. The lowest BCUT2D eigenvalue weighted by molar-refractivity contribution is -0.00525. The lowest BCUT2D eigenvalue weighted by Gasteiger charge is -2.38. The molecule has 2 atom stereocenters. The number of ether oxygens (including phenoxy) is 1. The van der Waals surface area contributed by atoms with Crippen molar-refractivity contribution < 1.29 is 4.74 Å². The number of hydrogen-bond acceptors (Lipinski definition) is 2. The average Bonchev–Trinajstić information content (AvgIpc) is 2.46. The van der Waals surface area contributed by atoms with Gasteiger partial charge in [0.1, 0.15) is 0 Å². The predicted molar refractivity (Wildman–Crippen MR) is 96.0 cm³/mol. The van der Waals surface area contributed by atoms with E-state index >= 15 is 0 Å². The Kier molecular flexibility index (Phi) is 6.31. The number of hydrogen-bond donors (Lipinski definition) is 0. The third-order valence-electron chi connectivity index (χ3n) is 4.93. The molecule has 2 nitrogen and oxygen atoms in total. The molecule has 124 valence electrons. The maximum absolute atomic E-state index is 5.87. The van der Waals surface area contributed by atoms with Crippen LogP contribution in [0.2, 0.25) is 0 Å². The fourth-order valence-electron chi connectivity index (χ4n) is 3.59. The minimum absolute atomic E-state index is 0.317. The largest absolute Gasteiger partial charge is 0.372 e. The van der Waals surface area contributed by atoms with Gasteiger partial charge in [-0.15, -0.1) is 0 Å². The molecule has 1 aliphatic rings. The van der Waals surface area contributed by atoms with Gasteiger partial charge in [0, 0.05) is 18.8 Å². The Morgan fingerprint density at radius 3 is 2.32 bits per heavy atom. The van der Waals surface area contributed by atoms with E-state index in [1.807, 2.05) is 0 Å². The van der Waals surface area contributed by atoms with Gasteiger partial charge in [0.15, 0.2) is 0 Å². The van der Waals surface area contributed by atoms with E-state index in [2.05, 4.69) is 51.7 Å². The summed E-state index contributed by atoms with van der Waals surface area (Å²) >= 11 is 0. The van der Waals surface area contributed by atoms with E-state index in [1.165, 1.54) is 54.5 Å². The quantitative estimate of drug-likeness (QED) is 0.683. The van der Waals surface area contributed by atoms with E-state index in [-0.39, 0.29) is 0 Å². The number of rotatable bonds is 6. The van der Waals surface area contributed by atoms with Crippen molar-refractivity contribution in [2.24, 2.45) is 0 Å². The van der Waals surface area contributed by atoms with E-state index < -0.39 is 0 Å². The molecule has 0 N–H and O–H groups in total. The third kappa shape index (κ3) is 4.25. The first kappa shape index (κ1) is 17.3. The lowest BCUT2D eigenvalue weighted by Crippen LogP contribution is -2.45. The zero-order valence-electron chi connectivity index (χ0n) is 15.1. The summed E-state index contributed by atoms with van der Waals surface area (Å²) in [6.45, 7) is 13.2. The SMILES string of the molecule is CCCCCCc1ccc(N2C[C@@H](C)O[C@@H](C)C2)c(C)c1C. The number of benzene rings is 1. The fraction of sp³-hybridized carbons (Fsp3) is 0.700. The van der Waals surface area contributed by atoms with Gasteiger partial charge >= 0.3 is 0 Å². The summed E-state index contributed by atoms with van der Waals surface area (Å²) in [6.07, 6.45) is 7.20. The van der Waals surface area contributed by atoms with Crippen molar-refractivity contribution in [1.82, 2.24) is 0 Å². The molecule has 1 aliphatic heterocycles. The Hall–Kier alpha value is -1.02. The van der Waals surface area contributed by atoms with E-state index in [1.54, 1.807) is 0 Å². The second-order valence-electron chi connectivity index (χ2n) is 6.97. The summed E-state index contributed by atoms with van der Waals surface area (Å²) in [5, 5.41) is 0. The number of morpholine rings is 1. The van der Waals surface area contributed by atoms with E-state index in [0.29, 0.717) is 12.2 Å². The first-order valence-corrected chi connectivity index (χ1v) is 9.02. The maximum atomic E-state index is 5.87. The van der Waals surface area contributed by atoms with Crippen molar-refractivity contribution in [3.05, 3.63) is 28.8 Å². The Labute approximate surface area is 136 Å². The summed E-state index contributed by atoms with van der Waals surface area (Å²) in [7, 11) is 0. The maximum Gasteiger partial charge on any atom is 0.0726 e. The fourth-order valence-corrected chi connectivity index (χ4v) is 3.59. The highest BCUT2D eigenvalue weighted by Crippen LogP contribution is 2.29. The van der Waals surface area contributed by atoms with Crippen LogP contribution in [0, 0.1) is 13.8 Å². The van der Waals surface area contributed by atoms with Crippen molar-refractivity contribution in [3.8, 4) is 0 Å². The number of nitrogens with zero attached hydrogens (tertiary/aromatic N) is 1. The molecular weight excluding hydrogens is 270 g/mol. The molecule has 1 saturated heterocycles. The molecule has 1 aromatic carbocycles. The molecule has 1 heterocycles. The normalized spacial score (nSPS) is 22.1. The molecule has 0 radical (unpaired) electrons. The van der Waals surface area contributed by atoms with Crippen molar-refractivity contribution in [2.75, 3.05) is 18.0 Å². The predicted octanol–water partition coefficient (Wildman–Crippen LogP) is 5.04. The van der Waals surface area contributed by atoms with Crippen LogP contribution in [-0.2, 0) is 11.2 Å². The minimum Gasteiger partial charge on any atom is -0.372 e. The zero-order valence-corrected chi connectivity index (χ0v) is 15.1. The third-order valence-corrected chi connectivity index (χ3v) is 4.93. The molecular formula is C20H33NO. The van der Waals surface area contributed by atoms with Gasteiger partial charge in [0.25, 0.3) is 0 Å². The Morgan fingerprint density at radius 1 is 1.00 bits per heavy atom. The number of unbranched alkanes of at least 4 members (excludes halogenated alkanes) is 3. The van der Waals surface area contributed by atoms with Crippen molar-refractivity contribution in [1.29, 1.82) is 0 Å². The van der Waals surface area contributed by atoms with Gasteiger partial charge in [-0.1, -0.05) is 32.3 Å². The van der Waals surface area contributed by atoms with Crippen LogP contribution < -0.4 is 4.90 Å². The number of anilines is 1. The zero-order chi connectivity index (χ0) is 16.1. The molecule has 0 aliphatic carbocycles. The highest BCUT2D eigenvalue weighted by Gasteiger charge is 2.23. The van der Waals surface area contributed by atoms with Gasteiger partial charge in [-0.2, -0.15) is 0 Å². The smallest absolute Gasteiger partial charge is 0.0726 e. The molecule has 0 saturated carbocycles. The Balaban J connectivity index is 2.09. The monoisotopic (exact) mass is 303 g/mol. The van der Waals surface area contributed by atoms with Gasteiger partial charge < -0.3 is 9.64 Å². The van der Waals surface area contributed by atoms with Crippen molar-refractivity contribution in [2.45, 2.75) is 78.9 Å². The van der Waals surface area contributed by atoms with E-state index in [4.69, 9.17) is 4.74 Å². The van der Waals surface area contributed by atoms with E-state index in [0.717, 1.165) is 13.1 Å². The summed E-state index contributed by atoms with van der Waals surface area (Å²) < 4.78 is 5.87. The van der Waals surface area contributed by atoms with Crippen LogP contribution in [0.5, 0.6) is 0 Å². The van der Waals surface area contributed by atoms with Gasteiger partial charge in [-0.05, 0) is 63.3 Å². The summed E-state index contributed by atoms with van der Waals surface area (Å²) in [6, 6.07) is 4.69. The summed E-state index contributed by atoms with van der Waals surface area (Å²) in [4.78, 5) is 2.50. The van der Waals surface area contributed by atoms with Gasteiger partial charge in [-0.25, -0.2) is 0 Å². The van der Waals surface area contributed by atoms with Gasteiger partial charge in [-0.3, -0.25) is 0 Å². The standard InChI is InChI=1S/C20H33NO/c1-6-7-8-9-10-19-11-12-20(18(5)17(19)4)21-13-15(2)22-16(3)14-21/h11-12,15-16H,6-10,13-14H2,1-5H3/t15-,16+. The van der Waals surface area contributed by atoms with Crippen molar-refractivity contribution >= 4 is 5.69 Å². The first-order chi connectivity index (χ1) is 10.5. The highest BCUT2D eigenvalue weighted by molar-refractivity contribution is 5.58. The van der Waals surface area contributed by atoms with E-state index in [9.17, 15) is 0 Å². The van der Waals surface area contributed by atoms with Gasteiger partial charge in [0.2, 0.25) is 0 Å². The molecule has 0 amide bonds. The Bertz CT molecular complexity index is 473. The molecule has 2 heteroatoms. The van der Waals surface area contributed by atoms with Crippen LogP contribution in [0.4, 0.5) is 5.69 Å². The molecule has 22 heavy (non-hydrogen) atoms. The molecule has 2 rings (SSSR count). The highest BCUT2D eigenvalue weighted by atomic mass is 16.5. The minimum atomic E-state index is 0.317. The van der Waals surface area contributed by atoms with Crippen LogP contribution >= 0.6 is 0 Å². The van der Waals surface area contributed by atoms with Crippen LogP contribution in [-0.4, -0.2) is 25.3 Å². The van der Waals surface area contributed by atoms with Crippen molar-refractivity contribution in [3.63, 3.8) is 0 Å². The van der Waals surface area contributed by atoms with Crippen LogP contribution in [0.3, 0.4) is 0 Å². The first-order valence-electron chi connectivity index (χ1n) is 9.02. The summed E-state index contributed by atoms with van der Waals surface area (Å²) in [5.41, 5.74) is 5.87. The molecule has 0 bridgehead atoms. The number of aryl methyl sites for hydroxylation is 1. The lowest BCUT2D eigenvalue weighted by atomic mass is 9.96. The van der Waals surface area contributed by atoms with Gasteiger partial charge in [0.05, 0.1) is 12.2 Å².